The molecule has 0 aliphatic rings. The molecule has 0 atom stereocenters. The number of benzene rings is 2. The van der Waals surface area contributed by atoms with Crippen molar-refractivity contribution < 1.29 is 26.7 Å². The molecule has 11 heteroatoms. The third-order valence-corrected chi connectivity index (χ3v) is 5.34. The molecule has 0 fully saturated rings. The molecular weight excluding hydrogens is 412 g/mol. The Morgan fingerprint density at radius 1 is 1.04 bits per heavy atom. The summed E-state index contributed by atoms with van der Waals surface area (Å²) in [6.07, 6.45) is 0. The first-order valence-corrected chi connectivity index (χ1v) is 10.4. The second kappa shape index (κ2) is 8.93. The molecule has 3 aromatic rings. The van der Waals surface area contributed by atoms with Crippen LogP contribution in [0.2, 0.25) is 0 Å². The zero-order valence-electron chi connectivity index (χ0n) is 14.3. The summed E-state index contributed by atoms with van der Waals surface area (Å²) in [7, 11) is -3.66. The Morgan fingerprint density at radius 2 is 1.75 bits per heavy atom. The number of nitrogens with one attached hydrogen (secondary N) is 1. The van der Waals surface area contributed by atoms with E-state index in [0.29, 0.717) is 11.3 Å². The Bertz CT molecular complexity index is 997. The van der Waals surface area contributed by atoms with Crippen LogP contribution < -0.4 is 14.2 Å². The van der Waals surface area contributed by atoms with Gasteiger partial charge in [-0.15, -0.1) is 0 Å². The van der Waals surface area contributed by atoms with Gasteiger partial charge in [-0.2, -0.15) is 18.1 Å². The van der Waals surface area contributed by atoms with Gasteiger partial charge >= 0.3 is 6.61 Å². The van der Waals surface area contributed by atoms with Crippen LogP contribution in [0.25, 0.3) is 11.4 Å². The lowest BCUT2D eigenvalue weighted by atomic mass is 10.2. The minimum Gasteiger partial charge on any atom is -0.492 e. The van der Waals surface area contributed by atoms with Crippen molar-refractivity contribution >= 4 is 26.7 Å². The maximum absolute atomic E-state index is 12.2. The van der Waals surface area contributed by atoms with E-state index in [-0.39, 0.29) is 29.1 Å². The fraction of sp³-hybridized carbons (Fsp3) is 0.176. The molecule has 0 saturated carbocycles. The molecule has 148 valence electrons. The molecule has 2 aromatic carbocycles. The Morgan fingerprint density at radius 3 is 2.43 bits per heavy atom. The number of sulfonamides is 1. The standard InChI is InChI=1S/C17H15F2N3O4S2/c18-16(19)26-14-8-6-12(7-9-14)15-20-17(27-21-15)22-28(23,24)11-10-25-13-4-2-1-3-5-13/h1-9,16H,10-11H2,(H,20,21,22). The zero-order chi connectivity index (χ0) is 20.0. The quantitative estimate of drug-likeness (QED) is 0.561. The summed E-state index contributed by atoms with van der Waals surface area (Å²) < 4.78 is 64.7. The van der Waals surface area contributed by atoms with Crippen LogP contribution in [0.4, 0.5) is 13.9 Å². The zero-order valence-corrected chi connectivity index (χ0v) is 15.9. The highest BCUT2D eigenvalue weighted by molar-refractivity contribution is 7.92. The van der Waals surface area contributed by atoms with E-state index in [1.807, 2.05) is 6.07 Å². The fourth-order valence-electron chi connectivity index (χ4n) is 2.14. The van der Waals surface area contributed by atoms with Crippen LogP contribution >= 0.6 is 11.5 Å². The first-order chi connectivity index (χ1) is 13.4. The molecule has 0 saturated heterocycles. The fourth-order valence-corrected chi connectivity index (χ4v) is 3.83. The van der Waals surface area contributed by atoms with Crippen LogP contribution in [0.15, 0.2) is 54.6 Å². The van der Waals surface area contributed by atoms with E-state index in [1.165, 1.54) is 24.3 Å². The molecule has 1 aromatic heterocycles. The SMILES string of the molecule is O=S(=O)(CCOc1ccccc1)Nc1nc(-c2ccc(OC(F)F)cc2)ns1. The number of anilines is 1. The van der Waals surface area contributed by atoms with E-state index in [1.54, 1.807) is 24.3 Å². The Kier molecular flexibility index (Phi) is 6.37. The van der Waals surface area contributed by atoms with Crippen molar-refractivity contribution in [2.24, 2.45) is 0 Å². The monoisotopic (exact) mass is 427 g/mol. The predicted octanol–water partition coefficient (Wildman–Crippen LogP) is 3.63. The minimum absolute atomic E-state index is 0.00771. The average molecular weight is 427 g/mol. The molecule has 0 bridgehead atoms. The van der Waals surface area contributed by atoms with E-state index in [2.05, 4.69) is 18.8 Å². The second-order valence-electron chi connectivity index (χ2n) is 5.41. The second-order valence-corrected chi connectivity index (χ2v) is 8.00. The Labute approximate surface area is 164 Å². The van der Waals surface area contributed by atoms with Gasteiger partial charge in [0.25, 0.3) is 0 Å². The summed E-state index contributed by atoms with van der Waals surface area (Å²) in [6, 6.07) is 14.6. The van der Waals surface area contributed by atoms with Gasteiger partial charge in [-0.25, -0.2) is 8.42 Å². The molecule has 28 heavy (non-hydrogen) atoms. The number of ether oxygens (including phenoxy) is 2. The summed E-state index contributed by atoms with van der Waals surface area (Å²) in [6.45, 7) is -2.92. The summed E-state index contributed by atoms with van der Waals surface area (Å²) >= 11 is 0.872. The van der Waals surface area contributed by atoms with E-state index < -0.39 is 16.6 Å². The topological polar surface area (TPSA) is 90.4 Å². The number of hydrogen-bond acceptors (Lipinski definition) is 7. The first-order valence-electron chi connectivity index (χ1n) is 7.98. The predicted molar refractivity (Wildman–Crippen MR) is 101 cm³/mol. The lowest BCUT2D eigenvalue weighted by molar-refractivity contribution is -0.0498. The van der Waals surface area contributed by atoms with Crippen molar-refractivity contribution in [3.8, 4) is 22.9 Å². The molecule has 0 unspecified atom stereocenters. The number of hydrogen-bond donors (Lipinski definition) is 1. The Balaban J connectivity index is 1.57. The van der Waals surface area contributed by atoms with E-state index in [0.717, 1.165) is 11.5 Å². The van der Waals surface area contributed by atoms with Crippen LogP contribution in [-0.2, 0) is 10.0 Å². The van der Waals surface area contributed by atoms with Crippen molar-refractivity contribution in [1.29, 1.82) is 0 Å². The number of alkyl halides is 2. The maximum atomic E-state index is 12.2. The summed E-state index contributed by atoms with van der Waals surface area (Å²) in [4.78, 5) is 4.11. The highest BCUT2D eigenvalue weighted by Gasteiger charge is 2.15. The number of para-hydroxylation sites is 1. The van der Waals surface area contributed by atoms with Gasteiger partial charge in [-0.1, -0.05) is 18.2 Å². The number of rotatable bonds is 9. The molecule has 1 N–H and O–H groups in total. The largest absolute Gasteiger partial charge is 0.492 e. The molecule has 0 aliphatic carbocycles. The Hall–Kier alpha value is -2.79. The van der Waals surface area contributed by atoms with Crippen LogP contribution in [0.3, 0.4) is 0 Å². The lowest BCUT2D eigenvalue weighted by Gasteiger charge is -2.07. The molecule has 0 spiro atoms. The molecule has 3 rings (SSSR count). The van der Waals surface area contributed by atoms with Crippen molar-refractivity contribution in [2.45, 2.75) is 6.61 Å². The van der Waals surface area contributed by atoms with Crippen molar-refractivity contribution in [3.63, 3.8) is 0 Å². The van der Waals surface area contributed by atoms with Gasteiger partial charge in [0.15, 0.2) is 5.82 Å². The van der Waals surface area contributed by atoms with Gasteiger partial charge < -0.3 is 9.47 Å². The van der Waals surface area contributed by atoms with Crippen molar-refractivity contribution in [2.75, 3.05) is 17.1 Å². The van der Waals surface area contributed by atoms with Crippen LogP contribution in [-0.4, -0.2) is 36.7 Å². The molecule has 0 amide bonds. The third-order valence-electron chi connectivity index (χ3n) is 3.37. The van der Waals surface area contributed by atoms with Crippen LogP contribution in [0, 0.1) is 0 Å². The van der Waals surface area contributed by atoms with Crippen molar-refractivity contribution in [1.82, 2.24) is 9.36 Å². The highest BCUT2D eigenvalue weighted by atomic mass is 32.2. The van der Waals surface area contributed by atoms with Crippen LogP contribution in [0.5, 0.6) is 11.5 Å². The van der Waals surface area contributed by atoms with Gasteiger partial charge in [-0.3, -0.25) is 4.72 Å². The molecule has 7 nitrogen and oxygen atoms in total. The smallest absolute Gasteiger partial charge is 0.387 e. The molecule has 0 radical (unpaired) electrons. The number of nitrogens with zero attached hydrogens (tertiary/aromatic N) is 2. The van der Waals surface area contributed by atoms with Gasteiger partial charge in [0.2, 0.25) is 15.2 Å². The molecule has 1 heterocycles. The van der Waals surface area contributed by atoms with Gasteiger partial charge in [-0.05, 0) is 36.4 Å². The lowest BCUT2D eigenvalue weighted by Crippen LogP contribution is -2.21. The van der Waals surface area contributed by atoms with Gasteiger partial charge in [0.1, 0.15) is 23.9 Å². The van der Waals surface area contributed by atoms with Gasteiger partial charge in [0.05, 0.1) is 0 Å². The van der Waals surface area contributed by atoms with Crippen LogP contribution in [0.1, 0.15) is 0 Å². The average Bonchev–Trinajstić information content (AvgIpc) is 3.10. The normalized spacial score (nSPS) is 11.4. The first kappa shape index (κ1) is 20.0. The number of halogens is 2. The minimum atomic E-state index is -3.66. The van der Waals surface area contributed by atoms with Gasteiger partial charge in [0, 0.05) is 17.1 Å². The maximum Gasteiger partial charge on any atom is 0.387 e. The van der Waals surface area contributed by atoms with E-state index >= 15 is 0 Å². The molecule has 0 aliphatic heterocycles. The van der Waals surface area contributed by atoms with E-state index in [4.69, 9.17) is 4.74 Å². The summed E-state index contributed by atoms with van der Waals surface area (Å²) in [5.41, 5.74) is 0.538. The summed E-state index contributed by atoms with van der Waals surface area (Å²) in [5, 5.41) is 0.0996. The van der Waals surface area contributed by atoms with E-state index in [9.17, 15) is 17.2 Å². The van der Waals surface area contributed by atoms with Crippen molar-refractivity contribution in [3.05, 3.63) is 54.6 Å². The number of aromatic nitrogens is 2. The third kappa shape index (κ3) is 5.86. The summed E-state index contributed by atoms with van der Waals surface area (Å²) in [5.74, 6) is 0.603. The molecular formula is C17H15F2N3O4S2. The highest BCUT2D eigenvalue weighted by Crippen LogP contribution is 2.24.